The van der Waals surface area contributed by atoms with E-state index in [1.165, 1.54) is 0 Å². The Hall–Kier alpha value is -1.74. The lowest BCUT2D eigenvalue weighted by atomic mass is 10.2. The second-order valence-electron chi connectivity index (χ2n) is 3.29. The summed E-state index contributed by atoms with van der Waals surface area (Å²) < 4.78 is 5.10. The lowest BCUT2D eigenvalue weighted by Crippen LogP contribution is -2.05. The molecule has 1 aromatic heterocycles. The predicted molar refractivity (Wildman–Crippen MR) is 61.4 cm³/mol. The van der Waals surface area contributed by atoms with Crippen molar-refractivity contribution in [2.75, 3.05) is 0 Å². The third kappa shape index (κ3) is 2.64. The summed E-state index contributed by atoms with van der Waals surface area (Å²) >= 11 is 5.74. The molecule has 0 spiro atoms. The summed E-state index contributed by atoms with van der Waals surface area (Å²) in [5.74, 6) is -0.361. The van der Waals surface area contributed by atoms with Gasteiger partial charge in [-0.3, -0.25) is 0 Å². The molecule has 0 atom stereocenters. The number of nitrogens with one attached hydrogen (secondary N) is 1. The Morgan fingerprint density at radius 2 is 2.00 bits per heavy atom. The van der Waals surface area contributed by atoms with Crippen LogP contribution in [0.1, 0.15) is 16.1 Å². The van der Waals surface area contributed by atoms with Crippen molar-refractivity contribution in [3.63, 3.8) is 0 Å². The van der Waals surface area contributed by atoms with Crippen LogP contribution in [-0.4, -0.2) is 11.0 Å². The molecule has 0 aliphatic heterocycles. The number of aromatic amines is 1. The molecule has 82 valence electrons. The lowest BCUT2D eigenvalue weighted by Gasteiger charge is -2.03. The molecule has 2 rings (SSSR count). The van der Waals surface area contributed by atoms with E-state index < -0.39 is 0 Å². The molecule has 0 fully saturated rings. The number of esters is 1. The number of carbonyl (C=O) groups is 1. The number of hydrogen-bond acceptors (Lipinski definition) is 2. The molecule has 4 heteroatoms. The Bertz CT molecular complexity index is 462. The van der Waals surface area contributed by atoms with Crippen molar-refractivity contribution in [2.45, 2.75) is 6.61 Å². The molecule has 0 bridgehead atoms. The largest absolute Gasteiger partial charge is 0.456 e. The zero-order chi connectivity index (χ0) is 11.4. The number of halogens is 1. The lowest BCUT2D eigenvalue weighted by molar-refractivity contribution is 0.0466. The molecule has 1 heterocycles. The third-order valence-electron chi connectivity index (χ3n) is 2.10. The zero-order valence-electron chi connectivity index (χ0n) is 8.44. The molecule has 1 aromatic carbocycles. The topological polar surface area (TPSA) is 42.1 Å². The summed E-state index contributed by atoms with van der Waals surface area (Å²) in [4.78, 5) is 14.3. The van der Waals surface area contributed by atoms with Crippen LogP contribution < -0.4 is 0 Å². The van der Waals surface area contributed by atoms with Crippen LogP contribution in [0.5, 0.6) is 0 Å². The number of aromatic nitrogens is 1. The van der Waals surface area contributed by atoms with Gasteiger partial charge in [0.15, 0.2) is 0 Å². The van der Waals surface area contributed by atoms with Crippen LogP contribution in [0.2, 0.25) is 5.02 Å². The van der Waals surface area contributed by atoms with Crippen LogP contribution in [0, 0.1) is 0 Å². The third-order valence-corrected chi connectivity index (χ3v) is 2.35. The predicted octanol–water partition coefficient (Wildman–Crippen LogP) is 3.03. The van der Waals surface area contributed by atoms with Crippen molar-refractivity contribution in [2.24, 2.45) is 0 Å². The quantitative estimate of drug-likeness (QED) is 0.831. The van der Waals surface area contributed by atoms with Crippen LogP contribution in [0.3, 0.4) is 0 Å². The average molecular weight is 236 g/mol. The Labute approximate surface area is 98.0 Å². The summed E-state index contributed by atoms with van der Waals surface area (Å²) in [6, 6.07) is 10.6. The van der Waals surface area contributed by atoms with Gasteiger partial charge in [-0.1, -0.05) is 23.7 Å². The van der Waals surface area contributed by atoms with Crippen molar-refractivity contribution in [1.29, 1.82) is 0 Å². The van der Waals surface area contributed by atoms with Crippen molar-refractivity contribution in [1.82, 2.24) is 4.98 Å². The first-order valence-corrected chi connectivity index (χ1v) is 5.18. The van der Waals surface area contributed by atoms with E-state index >= 15 is 0 Å². The van der Waals surface area contributed by atoms with Crippen molar-refractivity contribution in [3.05, 3.63) is 58.9 Å². The highest BCUT2D eigenvalue weighted by Gasteiger charge is 2.07. The molecule has 0 saturated carbocycles. The van der Waals surface area contributed by atoms with Gasteiger partial charge in [0, 0.05) is 11.2 Å². The Morgan fingerprint density at radius 3 is 2.62 bits per heavy atom. The molecule has 0 radical (unpaired) electrons. The number of ether oxygens (including phenoxy) is 1. The standard InChI is InChI=1S/C12H10ClNO2/c13-10-5-3-9(4-6-10)8-16-12(15)11-2-1-7-14-11/h1-7,14H,8H2. The van der Waals surface area contributed by atoms with E-state index in [0.717, 1.165) is 5.56 Å². The Balaban J connectivity index is 1.93. The SMILES string of the molecule is O=C(OCc1ccc(Cl)cc1)c1ccc[nH]1. The molecule has 2 aromatic rings. The molecular formula is C12H10ClNO2. The van der Waals surface area contributed by atoms with Crippen molar-refractivity contribution in [3.8, 4) is 0 Å². The summed E-state index contributed by atoms with van der Waals surface area (Å²) in [6.45, 7) is 0.245. The molecule has 3 nitrogen and oxygen atoms in total. The van der Waals surface area contributed by atoms with Gasteiger partial charge < -0.3 is 9.72 Å². The smallest absolute Gasteiger partial charge is 0.355 e. The summed E-state index contributed by atoms with van der Waals surface area (Å²) in [5, 5.41) is 0.666. The van der Waals surface area contributed by atoms with Gasteiger partial charge in [-0.15, -0.1) is 0 Å². The number of rotatable bonds is 3. The van der Waals surface area contributed by atoms with Crippen LogP contribution in [0.4, 0.5) is 0 Å². The fourth-order valence-electron chi connectivity index (χ4n) is 1.26. The highest BCUT2D eigenvalue weighted by Crippen LogP contribution is 2.11. The van der Waals surface area contributed by atoms with E-state index in [9.17, 15) is 4.79 Å². The Kier molecular flexibility index (Phi) is 3.27. The maximum absolute atomic E-state index is 11.5. The van der Waals surface area contributed by atoms with Crippen LogP contribution in [0.15, 0.2) is 42.6 Å². The van der Waals surface area contributed by atoms with E-state index in [1.807, 2.05) is 12.1 Å². The van der Waals surface area contributed by atoms with Gasteiger partial charge in [0.1, 0.15) is 12.3 Å². The number of H-pyrrole nitrogens is 1. The molecule has 1 N–H and O–H groups in total. The van der Waals surface area contributed by atoms with Crippen LogP contribution in [-0.2, 0) is 11.3 Å². The second kappa shape index (κ2) is 4.86. The summed E-state index contributed by atoms with van der Waals surface area (Å²) in [6.07, 6.45) is 1.68. The molecule has 0 saturated heterocycles. The first-order valence-electron chi connectivity index (χ1n) is 4.80. The average Bonchev–Trinajstić information content (AvgIpc) is 2.81. The fraction of sp³-hybridized carbons (Fsp3) is 0.0833. The van der Waals surface area contributed by atoms with Gasteiger partial charge in [-0.25, -0.2) is 4.79 Å². The number of benzene rings is 1. The Morgan fingerprint density at radius 1 is 1.25 bits per heavy atom. The van der Waals surface area contributed by atoms with Crippen molar-refractivity contribution < 1.29 is 9.53 Å². The number of carbonyl (C=O) groups excluding carboxylic acids is 1. The molecule has 0 unspecified atom stereocenters. The van der Waals surface area contributed by atoms with Gasteiger partial charge in [-0.2, -0.15) is 0 Å². The van der Waals surface area contributed by atoms with Gasteiger partial charge >= 0.3 is 5.97 Å². The van der Waals surface area contributed by atoms with Crippen LogP contribution in [0.25, 0.3) is 0 Å². The van der Waals surface area contributed by atoms with E-state index in [2.05, 4.69) is 4.98 Å². The fourth-order valence-corrected chi connectivity index (χ4v) is 1.39. The number of hydrogen-bond donors (Lipinski definition) is 1. The minimum atomic E-state index is -0.361. The van der Waals surface area contributed by atoms with E-state index in [-0.39, 0.29) is 12.6 Å². The van der Waals surface area contributed by atoms with E-state index in [1.54, 1.807) is 30.5 Å². The highest BCUT2D eigenvalue weighted by molar-refractivity contribution is 6.30. The monoisotopic (exact) mass is 235 g/mol. The first kappa shape index (κ1) is 10.8. The van der Waals surface area contributed by atoms with Gasteiger partial charge in [0.05, 0.1) is 0 Å². The molecule has 16 heavy (non-hydrogen) atoms. The summed E-state index contributed by atoms with van der Waals surface area (Å²) in [7, 11) is 0. The normalized spacial score (nSPS) is 10.1. The molecule has 0 aliphatic carbocycles. The van der Waals surface area contributed by atoms with Gasteiger partial charge in [-0.05, 0) is 29.8 Å². The molecule has 0 amide bonds. The minimum absolute atomic E-state index is 0.245. The molecular weight excluding hydrogens is 226 g/mol. The minimum Gasteiger partial charge on any atom is -0.456 e. The van der Waals surface area contributed by atoms with Crippen LogP contribution >= 0.6 is 11.6 Å². The maximum Gasteiger partial charge on any atom is 0.355 e. The highest BCUT2D eigenvalue weighted by atomic mass is 35.5. The zero-order valence-corrected chi connectivity index (χ0v) is 9.20. The van der Waals surface area contributed by atoms with E-state index in [0.29, 0.717) is 10.7 Å². The van der Waals surface area contributed by atoms with E-state index in [4.69, 9.17) is 16.3 Å². The first-order chi connectivity index (χ1) is 7.75. The van der Waals surface area contributed by atoms with Gasteiger partial charge in [0.25, 0.3) is 0 Å². The summed E-state index contributed by atoms with van der Waals surface area (Å²) in [5.41, 5.74) is 1.36. The van der Waals surface area contributed by atoms with Gasteiger partial charge in [0.2, 0.25) is 0 Å². The molecule has 0 aliphatic rings. The second-order valence-corrected chi connectivity index (χ2v) is 3.72. The maximum atomic E-state index is 11.5. The van der Waals surface area contributed by atoms with Crippen molar-refractivity contribution >= 4 is 17.6 Å².